The third-order valence-electron chi connectivity index (χ3n) is 3.74. The highest BCUT2D eigenvalue weighted by atomic mass is 16.2. The van der Waals surface area contributed by atoms with Crippen LogP contribution in [0.1, 0.15) is 30.9 Å². The van der Waals surface area contributed by atoms with Gasteiger partial charge in [0.15, 0.2) is 0 Å². The van der Waals surface area contributed by atoms with Gasteiger partial charge >= 0.3 is 5.69 Å². The molecule has 2 fully saturated rings. The lowest BCUT2D eigenvalue weighted by Crippen LogP contribution is -2.34. The molecule has 0 spiro atoms. The molecule has 3 rings (SSSR count). The van der Waals surface area contributed by atoms with Crippen LogP contribution in [-0.2, 0) is 0 Å². The van der Waals surface area contributed by atoms with Crippen molar-refractivity contribution in [1.29, 1.82) is 5.26 Å². The SMILES string of the molecule is N#Cc1cn(C2CCN(C3CC3)C2)c(=O)[nH]c1=O. The lowest BCUT2D eigenvalue weighted by Gasteiger charge is -2.16. The van der Waals surface area contributed by atoms with E-state index in [4.69, 9.17) is 5.26 Å². The number of H-pyrrole nitrogens is 1. The van der Waals surface area contributed by atoms with Gasteiger partial charge in [-0.2, -0.15) is 5.26 Å². The number of likely N-dealkylation sites (tertiary alicyclic amines) is 1. The molecular formula is C12H14N4O2. The summed E-state index contributed by atoms with van der Waals surface area (Å²) < 4.78 is 1.50. The van der Waals surface area contributed by atoms with Gasteiger partial charge in [0.1, 0.15) is 11.6 Å². The second-order valence-corrected chi connectivity index (χ2v) is 4.99. The van der Waals surface area contributed by atoms with Gasteiger partial charge < -0.3 is 0 Å². The molecule has 6 nitrogen and oxygen atoms in total. The maximum atomic E-state index is 11.8. The van der Waals surface area contributed by atoms with E-state index in [1.807, 2.05) is 6.07 Å². The zero-order valence-corrected chi connectivity index (χ0v) is 9.93. The first kappa shape index (κ1) is 11.2. The zero-order valence-electron chi connectivity index (χ0n) is 9.93. The molecule has 18 heavy (non-hydrogen) atoms. The van der Waals surface area contributed by atoms with Crippen LogP contribution in [0.5, 0.6) is 0 Å². The Morgan fingerprint density at radius 2 is 2.06 bits per heavy atom. The summed E-state index contributed by atoms with van der Waals surface area (Å²) in [4.78, 5) is 27.7. The van der Waals surface area contributed by atoms with E-state index in [1.165, 1.54) is 23.6 Å². The molecule has 0 bridgehead atoms. The fraction of sp³-hybridized carbons (Fsp3) is 0.583. The molecule has 6 heteroatoms. The van der Waals surface area contributed by atoms with Crippen LogP contribution in [-0.4, -0.2) is 33.6 Å². The molecule has 1 aromatic rings. The van der Waals surface area contributed by atoms with E-state index in [9.17, 15) is 9.59 Å². The molecule has 1 saturated carbocycles. The van der Waals surface area contributed by atoms with Crippen LogP contribution in [0.4, 0.5) is 0 Å². The molecule has 1 N–H and O–H groups in total. The van der Waals surface area contributed by atoms with Crippen LogP contribution in [0.3, 0.4) is 0 Å². The fourth-order valence-corrected chi connectivity index (χ4v) is 2.60. The lowest BCUT2D eigenvalue weighted by atomic mass is 10.2. The molecule has 1 unspecified atom stereocenters. The largest absolute Gasteiger partial charge is 0.328 e. The van der Waals surface area contributed by atoms with Crippen LogP contribution >= 0.6 is 0 Å². The van der Waals surface area contributed by atoms with Gasteiger partial charge in [0, 0.05) is 25.3 Å². The van der Waals surface area contributed by atoms with E-state index < -0.39 is 11.2 Å². The number of nitrogens with zero attached hydrogens (tertiary/aromatic N) is 3. The third-order valence-corrected chi connectivity index (χ3v) is 3.74. The summed E-state index contributed by atoms with van der Waals surface area (Å²) in [5, 5.41) is 8.83. The summed E-state index contributed by atoms with van der Waals surface area (Å²) in [6, 6.07) is 2.57. The molecular weight excluding hydrogens is 232 g/mol. The van der Waals surface area contributed by atoms with Crippen LogP contribution in [0.25, 0.3) is 0 Å². The Hall–Kier alpha value is -1.87. The van der Waals surface area contributed by atoms with E-state index in [0.29, 0.717) is 6.04 Å². The Kier molecular flexibility index (Phi) is 2.56. The molecule has 0 aromatic carbocycles. The number of aromatic amines is 1. The van der Waals surface area contributed by atoms with E-state index in [1.54, 1.807) is 0 Å². The van der Waals surface area contributed by atoms with Crippen molar-refractivity contribution < 1.29 is 0 Å². The quantitative estimate of drug-likeness (QED) is 0.784. The van der Waals surface area contributed by atoms with Crippen LogP contribution < -0.4 is 11.2 Å². The highest BCUT2D eigenvalue weighted by molar-refractivity contribution is 5.22. The van der Waals surface area contributed by atoms with E-state index in [0.717, 1.165) is 19.5 Å². The molecule has 1 saturated heterocycles. The monoisotopic (exact) mass is 246 g/mol. The van der Waals surface area contributed by atoms with E-state index >= 15 is 0 Å². The van der Waals surface area contributed by atoms with E-state index in [-0.39, 0.29) is 11.6 Å². The summed E-state index contributed by atoms with van der Waals surface area (Å²) in [7, 11) is 0. The van der Waals surface area contributed by atoms with Gasteiger partial charge in [-0.25, -0.2) is 4.79 Å². The molecule has 2 aliphatic rings. The Bertz CT molecular complexity index is 620. The van der Waals surface area contributed by atoms with Crippen molar-refractivity contribution in [1.82, 2.24) is 14.5 Å². The van der Waals surface area contributed by atoms with Crippen LogP contribution in [0.15, 0.2) is 15.8 Å². The minimum atomic E-state index is -0.601. The standard InChI is InChI=1S/C12H14N4O2/c13-5-8-6-16(12(18)14-11(8)17)10-3-4-15(7-10)9-1-2-9/h6,9-10H,1-4,7H2,(H,14,17,18). The van der Waals surface area contributed by atoms with Crippen molar-refractivity contribution in [3.8, 4) is 6.07 Å². The molecule has 1 aromatic heterocycles. The molecule has 1 aliphatic carbocycles. The zero-order chi connectivity index (χ0) is 12.7. The molecule has 94 valence electrons. The first-order valence-electron chi connectivity index (χ1n) is 6.18. The van der Waals surface area contributed by atoms with Crippen molar-refractivity contribution in [3.63, 3.8) is 0 Å². The number of hydrogen-bond acceptors (Lipinski definition) is 4. The van der Waals surface area contributed by atoms with Crippen molar-refractivity contribution >= 4 is 0 Å². The molecule has 0 radical (unpaired) electrons. The smallest absolute Gasteiger partial charge is 0.298 e. The Morgan fingerprint density at radius 1 is 1.28 bits per heavy atom. The van der Waals surface area contributed by atoms with Crippen molar-refractivity contribution in [2.24, 2.45) is 0 Å². The van der Waals surface area contributed by atoms with E-state index in [2.05, 4.69) is 9.88 Å². The average Bonchev–Trinajstić information content (AvgIpc) is 3.09. The third kappa shape index (κ3) is 1.87. The Labute approximate surface area is 103 Å². The summed E-state index contributed by atoms with van der Waals surface area (Å²) in [5.74, 6) is 0. The second kappa shape index (κ2) is 4.10. The first-order valence-corrected chi connectivity index (χ1v) is 6.18. The summed E-state index contributed by atoms with van der Waals surface area (Å²) >= 11 is 0. The van der Waals surface area contributed by atoms with Gasteiger partial charge in [-0.3, -0.25) is 19.2 Å². The van der Waals surface area contributed by atoms with Gasteiger partial charge in [-0.15, -0.1) is 0 Å². The Morgan fingerprint density at radius 3 is 2.72 bits per heavy atom. The van der Waals surface area contributed by atoms with Gasteiger partial charge in [0.2, 0.25) is 0 Å². The van der Waals surface area contributed by atoms with Gasteiger partial charge in [0.05, 0.1) is 6.04 Å². The highest BCUT2D eigenvalue weighted by Crippen LogP contribution is 2.32. The second-order valence-electron chi connectivity index (χ2n) is 4.99. The van der Waals surface area contributed by atoms with Crippen molar-refractivity contribution in [3.05, 3.63) is 32.6 Å². The molecule has 1 aliphatic heterocycles. The summed E-state index contributed by atoms with van der Waals surface area (Å²) in [5.41, 5.74) is -1.02. The van der Waals surface area contributed by atoms with Crippen molar-refractivity contribution in [2.45, 2.75) is 31.3 Å². The summed E-state index contributed by atoms with van der Waals surface area (Å²) in [6.07, 6.45) is 4.78. The maximum Gasteiger partial charge on any atom is 0.328 e. The first-order chi connectivity index (χ1) is 8.69. The topological polar surface area (TPSA) is 81.9 Å². The normalized spacial score (nSPS) is 24.1. The number of rotatable bonds is 2. The number of hydrogen-bond donors (Lipinski definition) is 1. The van der Waals surface area contributed by atoms with Crippen LogP contribution in [0.2, 0.25) is 0 Å². The summed E-state index contributed by atoms with van der Waals surface area (Å²) in [6.45, 7) is 1.82. The predicted molar refractivity (Wildman–Crippen MR) is 64.3 cm³/mol. The number of nitriles is 1. The minimum absolute atomic E-state index is 0.000489. The molecule has 2 heterocycles. The fourth-order valence-electron chi connectivity index (χ4n) is 2.60. The van der Waals surface area contributed by atoms with Gasteiger partial charge in [-0.1, -0.05) is 0 Å². The molecule has 1 atom stereocenters. The number of aromatic nitrogens is 2. The predicted octanol–water partition coefficient (Wildman–Crippen LogP) is -0.183. The van der Waals surface area contributed by atoms with Crippen molar-refractivity contribution in [2.75, 3.05) is 13.1 Å². The highest BCUT2D eigenvalue weighted by Gasteiger charge is 2.35. The maximum absolute atomic E-state index is 11.8. The van der Waals surface area contributed by atoms with Crippen LogP contribution in [0, 0.1) is 11.3 Å². The Balaban J connectivity index is 1.90. The molecule has 0 amide bonds. The minimum Gasteiger partial charge on any atom is -0.298 e. The lowest BCUT2D eigenvalue weighted by molar-refractivity contribution is 0.312. The van der Waals surface area contributed by atoms with Gasteiger partial charge in [0.25, 0.3) is 5.56 Å². The van der Waals surface area contributed by atoms with Gasteiger partial charge in [-0.05, 0) is 19.3 Å². The number of nitrogens with one attached hydrogen (secondary N) is 1. The average molecular weight is 246 g/mol.